The maximum atomic E-state index is 11.4. The summed E-state index contributed by atoms with van der Waals surface area (Å²) in [6.07, 6.45) is 1.89. The van der Waals surface area contributed by atoms with Crippen LogP contribution in [0.5, 0.6) is 0 Å². The van der Waals surface area contributed by atoms with Crippen LogP contribution in [0.2, 0.25) is 0 Å². The Kier molecular flexibility index (Phi) is 7.34. The summed E-state index contributed by atoms with van der Waals surface area (Å²) in [5.41, 5.74) is 0.366. The summed E-state index contributed by atoms with van der Waals surface area (Å²) >= 11 is 9.91. The summed E-state index contributed by atoms with van der Waals surface area (Å²) < 4.78 is 4.41. The van der Waals surface area contributed by atoms with Gasteiger partial charge in [0.2, 0.25) is 0 Å². The Morgan fingerprint density at radius 2 is 2.07 bits per heavy atom. The summed E-state index contributed by atoms with van der Waals surface area (Å²) in [5.74, 6) is -0.369. The second kappa shape index (κ2) is 7.01. The van der Waals surface area contributed by atoms with Gasteiger partial charge in [0.1, 0.15) is 3.23 Å². The summed E-state index contributed by atoms with van der Waals surface area (Å²) in [6, 6.07) is 0. The molecule has 0 radical (unpaired) electrons. The van der Waals surface area contributed by atoms with Gasteiger partial charge in [-0.05, 0) is 6.42 Å². The maximum absolute atomic E-state index is 11.4. The fraction of sp³-hybridized carbons (Fsp3) is 0.667. The molecule has 0 bridgehead atoms. The number of ether oxygens (including phenoxy) is 1. The molecular formula is C9H13Br3O2. The third-order valence-corrected chi connectivity index (χ3v) is 5.45. The first-order valence-corrected chi connectivity index (χ1v) is 6.96. The highest BCUT2D eigenvalue weighted by Crippen LogP contribution is 2.35. The highest BCUT2D eigenvalue weighted by atomic mass is 79.9. The highest BCUT2D eigenvalue weighted by molar-refractivity contribution is 9.26. The third kappa shape index (κ3) is 4.94. The topological polar surface area (TPSA) is 26.3 Å². The van der Waals surface area contributed by atoms with Gasteiger partial charge in [-0.15, -0.1) is 0 Å². The molecular weight excluding hydrogens is 380 g/mol. The van der Waals surface area contributed by atoms with Crippen molar-refractivity contribution in [3.8, 4) is 0 Å². The zero-order valence-corrected chi connectivity index (χ0v) is 12.7. The zero-order chi connectivity index (χ0) is 11.2. The van der Waals surface area contributed by atoms with Crippen molar-refractivity contribution in [1.82, 2.24) is 0 Å². The van der Waals surface area contributed by atoms with Crippen molar-refractivity contribution in [3.05, 3.63) is 12.2 Å². The monoisotopic (exact) mass is 390 g/mol. The van der Waals surface area contributed by atoms with Crippen LogP contribution in [0.25, 0.3) is 0 Å². The lowest BCUT2D eigenvalue weighted by Crippen LogP contribution is -2.24. The first-order valence-electron chi connectivity index (χ1n) is 4.26. The van der Waals surface area contributed by atoms with Crippen LogP contribution in [0.15, 0.2) is 12.2 Å². The van der Waals surface area contributed by atoms with Gasteiger partial charge in [0.05, 0.1) is 12.2 Å². The van der Waals surface area contributed by atoms with Crippen molar-refractivity contribution >= 4 is 53.8 Å². The van der Waals surface area contributed by atoms with Gasteiger partial charge < -0.3 is 4.74 Å². The normalized spacial score (nSPS) is 11.1. The van der Waals surface area contributed by atoms with E-state index in [2.05, 4.69) is 54.4 Å². The van der Waals surface area contributed by atoms with Crippen LogP contribution in [0.3, 0.4) is 0 Å². The van der Waals surface area contributed by atoms with Gasteiger partial charge in [0.25, 0.3) is 0 Å². The second-order valence-electron chi connectivity index (χ2n) is 2.81. The molecule has 2 nitrogen and oxygen atoms in total. The van der Waals surface area contributed by atoms with E-state index in [1.165, 1.54) is 0 Å². The van der Waals surface area contributed by atoms with Crippen LogP contribution in [-0.2, 0) is 9.53 Å². The number of unbranched alkanes of at least 4 members (excludes halogenated alkanes) is 1. The van der Waals surface area contributed by atoms with Crippen LogP contribution in [-0.4, -0.2) is 21.1 Å². The Morgan fingerprint density at radius 1 is 1.50 bits per heavy atom. The molecule has 0 rings (SSSR count). The molecule has 0 aromatic carbocycles. The molecule has 0 heterocycles. The predicted molar refractivity (Wildman–Crippen MR) is 69.4 cm³/mol. The van der Waals surface area contributed by atoms with Gasteiger partial charge in [-0.25, -0.2) is 4.79 Å². The van der Waals surface area contributed by atoms with E-state index >= 15 is 0 Å². The Morgan fingerprint density at radius 3 is 2.50 bits per heavy atom. The molecule has 5 heteroatoms. The molecule has 0 amide bonds. The quantitative estimate of drug-likeness (QED) is 0.298. The van der Waals surface area contributed by atoms with E-state index in [4.69, 9.17) is 4.74 Å². The fourth-order valence-corrected chi connectivity index (χ4v) is 1.29. The second-order valence-corrected chi connectivity index (χ2v) is 7.14. The maximum Gasteiger partial charge on any atom is 0.335 e. The molecule has 0 aliphatic carbocycles. The summed E-state index contributed by atoms with van der Waals surface area (Å²) in [7, 11) is 0. The SMILES string of the molecule is C=C(C(=O)OCCCC)C(Br)(Br)CBr. The smallest absolute Gasteiger partial charge is 0.335 e. The minimum Gasteiger partial charge on any atom is -0.462 e. The predicted octanol–water partition coefficient (Wildman–Crippen LogP) is 3.77. The number of halogens is 3. The van der Waals surface area contributed by atoms with Crippen molar-refractivity contribution in [3.63, 3.8) is 0 Å². The van der Waals surface area contributed by atoms with Gasteiger partial charge in [-0.1, -0.05) is 67.7 Å². The van der Waals surface area contributed by atoms with Crippen LogP contribution in [0.4, 0.5) is 0 Å². The largest absolute Gasteiger partial charge is 0.462 e. The Balaban J connectivity index is 4.06. The van der Waals surface area contributed by atoms with E-state index in [1.54, 1.807) is 0 Å². The van der Waals surface area contributed by atoms with Gasteiger partial charge in [0.15, 0.2) is 0 Å². The molecule has 0 atom stereocenters. The Bertz CT molecular complexity index is 214. The van der Waals surface area contributed by atoms with E-state index < -0.39 is 3.23 Å². The first-order chi connectivity index (χ1) is 6.45. The molecule has 0 N–H and O–H groups in total. The van der Waals surface area contributed by atoms with Crippen molar-refractivity contribution in [2.24, 2.45) is 0 Å². The minimum atomic E-state index is -0.608. The summed E-state index contributed by atoms with van der Waals surface area (Å²) in [5, 5.41) is 0.543. The van der Waals surface area contributed by atoms with Crippen molar-refractivity contribution in [2.75, 3.05) is 11.9 Å². The molecule has 14 heavy (non-hydrogen) atoms. The van der Waals surface area contributed by atoms with Gasteiger partial charge in [-0.3, -0.25) is 0 Å². The molecule has 0 fully saturated rings. The van der Waals surface area contributed by atoms with Gasteiger partial charge >= 0.3 is 5.97 Å². The highest BCUT2D eigenvalue weighted by Gasteiger charge is 2.30. The minimum absolute atomic E-state index is 0.366. The van der Waals surface area contributed by atoms with Crippen molar-refractivity contribution in [2.45, 2.75) is 23.0 Å². The van der Waals surface area contributed by atoms with Crippen LogP contribution < -0.4 is 0 Å². The van der Waals surface area contributed by atoms with E-state index in [0.717, 1.165) is 12.8 Å². The number of hydrogen-bond acceptors (Lipinski definition) is 2. The number of hydrogen-bond donors (Lipinski definition) is 0. The zero-order valence-electron chi connectivity index (χ0n) is 7.99. The Labute approximate surface area is 110 Å². The lowest BCUT2D eigenvalue weighted by Gasteiger charge is -2.18. The number of alkyl halides is 3. The molecule has 0 unspecified atom stereocenters. The molecule has 0 aromatic rings. The average Bonchev–Trinajstić information content (AvgIpc) is 2.17. The molecule has 0 aliphatic rings. The lowest BCUT2D eigenvalue weighted by molar-refractivity contribution is -0.139. The van der Waals surface area contributed by atoms with E-state index in [1.807, 2.05) is 6.92 Å². The average molecular weight is 393 g/mol. The summed E-state index contributed by atoms with van der Waals surface area (Å²) in [4.78, 5) is 11.4. The molecule has 0 aromatic heterocycles. The standard InChI is InChI=1S/C9H13Br3O2/c1-3-4-5-14-8(13)7(2)9(11,12)6-10/h2-6H2,1H3. The van der Waals surface area contributed by atoms with E-state index in [9.17, 15) is 4.79 Å². The van der Waals surface area contributed by atoms with Crippen molar-refractivity contribution in [1.29, 1.82) is 0 Å². The van der Waals surface area contributed by atoms with Crippen LogP contribution in [0, 0.1) is 0 Å². The number of esters is 1. The van der Waals surface area contributed by atoms with Gasteiger partial charge in [-0.2, -0.15) is 0 Å². The van der Waals surface area contributed by atoms with Gasteiger partial charge in [0, 0.05) is 5.33 Å². The molecule has 0 saturated carbocycles. The molecule has 82 valence electrons. The van der Waals surface area contributed by atoms with Crippen molar-refractivity contribution < 1.29 is 9.53 Å². The summed E-state index contributed by atoms with van der Waals surface area (Å²) in [6.45, 7) is 6.17. The Hall–Kier alpha value is 0.650. The van der Waals surface area contributed by atoms with Crippen LogP contribution in [0.1, 0.15) is 19.8 Å². The van der Waals surface area contributed by atoms with E-state index in [-0.39, 0.29) is 5.97 Å². The lowest BCUT2D eigenvalue weighted by atomic mass is 10.2. The molecule has 0 spiro atoms. The van der Waals surface area contributed by atoms with E-state index in [0.29, 0.717) is 17.5 Å². The molecule has 0 aliphatic heterocycles. The fourth-order valence-electron chi connectivity index (χ4n) is 0.626. The number of carbonyl (C=O) groups is 1. The van der Waals surface area contributed by atoms with Crippen LogP contribution >= 0.6 is 47.8 Å². The number of carbonyl (C=O) groups excluding carboxylic acids is 1. The molecule has 0 saturated heterocycles. The third-order valence-electron chi connectivity index (χ3n) is 1.59. The first kappa shape index (κ1) is 14.6. The number of rotatable bonds is 6.